The van der Waals surface area contributed by atoms with Gasteiger partial charge in [-0.1, -0.05) is 18.2 Å². The molecule has 0 saturated heterocycles. The van der Waals surface area contributed by atoms with Gasteiger partial charge in [-0.3, -0.25) is 0 Å². The monoisotopic (exact) mass is 305 g/mol. The van der Waals surface area contributed by atoms with Crippen LogP contribution in [0.3, 0.4) is 0 Å². The van der Waals surface area contributed by atoms with Crippen LogP contribution in [0.2, 0.25) is 0 Å². The van der Waals surface area contributed by atoms with E-state index >= 15 is 0 Å². The number of nitrogens with zero attached hydrogens (tertiary/aromatic N) is 1. The van der Waals surface area contributed by atoms with E-state index in [1.165, 1.54) is 0 Å². The quantitative estimate of drug-likeness (QED) is 0.632. The van der Waals surface area contributed by atoms with Crippen molar-refractivity contribution in [3.8, 4) is 11.6 Å². The largest absolute Gasteiger partial charge is 0.439 e. The molecule has 2 aromatic carbocycles. The number of hydrogen-bond donors (Lipinski definition) is 0. The summed E-state index contributed by atoms with van der Waals surface area (Å²) in [5.74, 6) is -0.825. The zero-order chi connectivity index (χ0) is 14.8. The van der Waals surface area contributed by atoms with Crippen molar-refractivity contribution in [3.63, 3.8) is 0 Å². The van der Waals surface area contributed by atoms with E-state index < -0.39 is 11.6 Å². The van der Waals surface area contributed by atoms with Crippen LogP contribution in [0.5, 0.6) is 11.6 Å². The van der Waals surface area contributed by atoms with Gasteiger partial charge < -0.3 is 4.74 Å². The first-order valence-electron chi connectivity index (χ1n) is 6.24. The first-order valence-corrected chi connectivity index (χ1v) is 6.78. The summed E-state index contributed by atoms with van der Waals surface area (Å²) >= 11 is 5.93. The van der Waals surface area contributed by atoms with E-state index in [1.54, 1.807) is 6.07 Å². The van der Waals surface area contributed by atoms with Gasteiger partial charge in [0, 0.05) is 35.5 Å². The lowest BCUT2D eigenvalue weighted by molar-refractivity contribution is 0.453. The molecular weight excluding hydrogens is 296 g/mol. The average Bonchev–Trinajstić information content (AvgIpc) is 2.45. The van der Waals surface area contributed by atoms with E-state index in [1.807, 2.05) is 24.3 Å². The Balaban J connectivity index is 2.04. The van der Waals surface area contributed by atoms with Crippen LogP contribution in [-0.4, -0.2) is 4.98 Å². The van der Waals surface area contributed by atoms with Gasteiger partial charge in [-0.25, -0.2) is 13.8 Å². The third kappa shape index (κ3) is 2.95. The molecule has 0 spiro atoms. The van der Waals surface area contributed by atoms with Crippen molar-refractivity contribution in [2.75, 3.05) is 0 Å². The van der Waals surface area contributed by atoms with Gasteiger partial charge in [0.05, 0.1) is 5.52 Å². The molecule has 0 bridgehead atoms. The number of para-hydroxylation sites is 1. The van der Waals surface area contributed by atoms with E-state index in [2.05, 4.69) is 4.98 Å². The summed E-state index contributed by atoms with van der Waals surface area (Å²) in [4.78, 5) is 4.31. The molecule has 2 nitrogen and oxygen atoms in total. The van der Waals surface area contributed by atoms with Gasteiger partial charge in [-0.15, -0.1) is 11.6 Å². The number of aromatic nitrogens is 1. The van der Waals surface area contributed by atoms with Crippen molar-refractivity contribution in [2.24, 2.45) is 0 Å². The van der Waals surface area contributed by atoms with E-state index in [-0.39, 0.29) is 17.5 Å². The molecule has 21 heavy (non-hydrogen) atoms. The van der Waals surface area contributed by atoms with Crippen molar-refractivity contribution in [1.29, 1.82) is 0 Å². The first-order chi connectivity index (χ1) is 10.2. The molecule has 1 heterocycles. The summed E-state index contributed by atoms with van der Waals surface area (Å²) in [6.07, 6.45) is 0. The van der Waals surface area contributed by atoms with Gasteiger partial charge in [0.25, 0.3) is 0 Å². The number of pyridine rings is 1. The molecule has 106 valence electrons. The molecule has 0 atom stereocenters. The lowest BCUT2D eigenvalue weighted by Gasteiger charge is -2.09. The molecular formula is C16H10ClF2NO. The third-order valence-corrected chi connectivity index (χ3v) is 3.27. The second-order valence-corrected chi connectivity index (χ2v) is 4.74. The number of rotatable bonds is 3. The highest BCUT2D eigenvalue weighted by Gasteiger charge is 2.08. The minimum Gasteiger partial charge on any atom is -0.439 e. The fourth-order valence-corrected chi connectivity index (χ4v) is 2.31. The summed E-state index contributed by atoms with van der Waals surface area (Å²) in [6.45, 7) is 0. The van der Waals surface area contributed by atoms with Crippen LogP contribution < -0.4 is 4.74 Å². The molecule has 0 aliphatic carbocycles. The number of benzene rings is 2. The van der Waals surface area contributed by atoms with Crippen molar-refractivity contribution < 1.29 is 13.5 Å². The number of halogens is 3. The second-order valence-electron chi connectivity index (χ2n) is 4.48. The molecule has 0 radical (unpaired) electrons. The van der Waals surface area contributed by atoms with E-state index in [0.29, 0.717) is 5.52 Å². The molecule has 3 aromatic rings. The van der Waals surface area contributed by atoms with Crippen LogP contribution in [-0.2, 0) is 5.88 Å². The Morgan fingerprint density at radius 3 is 2.43 bits per heavy atom. The predicted molar refractivity (Wildman–Crippen MR) is 77.7 cm³/mol. The zero-order valence-electron chi connectivity index (χ0n) is 10.8. The van der Waals surface area contributed by atoms with Crippen molar-refractivity contribution >= 4 is 22.5 Å². The van der Waals surface area contributed by atoms with Gasteiger partial charge in [-0.2, -0.15) is 0 Å². The van der Waals surface area contributed by atoms with Crippen LogP contribution in [0.4, 0.5) is 8.78 Å². The van der Waals surface area contributed by atoms with E-state index in [4.69, 9.17) is 16.3 Å². The Bertz CT molecular complexity index is 787. The summed E-state index contributed by atoms with van der Waals surface area (Å²) < 4.78 is 31.8. The molecule has 0 fully saturated rings. The molecule has 1 aromatic heterocycles. The Labute approximate surface area is 125 Å². The van der Waals surface area contributed by atoms with E-state index in [0.717, 1.165) is 29.1 Å². The predicted octanol–water partition coefficient (Wildman–Crippen LogP) is 5.04. The number of ether oxygens (including phenoxy) is 1. The summed E-state index contributed by atoms with van der Waals surface area (Å²) in [7, 11) is 0. The summed E-state index contributed by atoms with van der Waals surface area (Å²) in [5.41, 5.74) is 1.55. The lowest BCUT2D eigenvalue weighted by atomic mass is 10.1. The Kier molecular flexibility index (Phi) is 3.71. The Hall–Kier alpha value is -2.20. The molecule has 5 heteroatoms. The maximum Gasteiger partial charge on any atom is 0.220 e. The van der Waals surface area contributed by atoms with Crippen LogP contribution >= 0.6 is 11.6 Å². The topological polar surface area (TPSA) is 22.1 Å². The number of fused-ring (bicyclic) bond motifs is 1. The summed E-state index contributed by atoms with van der Waals surface area (Å²) in [5, 5.41) is 0.922. The van der Waals surface area contributed by atoms with Crippen molar-refractivity contribution in [1.82, 2.24) is 4.98 Å². The normalized spacial score (nSPS) is 10.8. The molecule has 0 N–H and O–H groups in total. The van der Waals surface area contributed by atoms with Gasteiger partial charge in [-0.05, 0) is 11.6 Å². The molecule has 0 amide bonds. The lowest BCUT2D eigenvalue weighted by Crippen LogP contribution is -1.93. The Morgan fingerprint density at radius 2 is 1.71 bits per heavy atom. The standard InChI is InChI=1S/C16H10ClF2NO/c17-9-10-5-16(20-15-4-2-1-3-14(10)15)21-13-7-11(18)6-12(19)8-13/h1-8H,9H2. The highest BCUT2D eigenvalue weighted by atomic mass is 35.5. The minimum absolute atomic E-state index is 0.0517. The highest BCUT2D eigenvalue weighted by Crippen LogP contribution is 2.27. The van der Waals surface area contributed by atoms with Gasteiger partial charge >= 0.3 is 0 Å². The third-order valence-electron chi connectivity index (χ3n) is 2.98. The maximum atomic E-state index is 13.2. The fourth-order valence-electron chi connectivity index (χ4n) is 2.09. The van der Waals surface area contributed by atoms with Crippen LogP contribution in [0.1, 0.15) is 5.56 Å². The van der Waals surface area contributed by atoms with E-state index in [9.17, 15) is 8.78 Å². The molecule has 0 unspecified atom stereocenters. The molecule has 0 aliphatic heterocycles. The second kappa shape index (κ2) is 5.66. The van der Waals surface area contributed by atoms with Crippen LogP contribution in [0.15, 0.2) is 48.5 Å². The van der Waals surface area contributed by atoms with Crippen molar-refractivity contribution in [2.45, 2.75) is 5.88 Å². The number of alkyl halides is 1. The minimum atomic E-state index is -0.705. The summed E-state index contributed by atoms with van der Waals surface area (Å²) in [6, 6.07) is 12.1. The number of hydrogen-bond acceptors (Lipinski definition) is 2. The Morgan fingerprint density at radius 1 is 1.00 bits per heavy atom. The van der Waals surface area contributed by atoms with Gasteiger partial charge in [0.1, 0.15) is 17.4 Å². The average molecular weight is 306 g/mol. The van der Waals surface area contributed by atoms with Crippen LogP contribution in [0.25, 0.3) is 10.9 Å². The smallest absolute Gasteiger partial charge is 0.220 e. The maximum absolute atomic E-state index is 13.2. The molecule has 0 aliphatic rings. The van der Waals surface area contributed by atoms with Crippen LogP contribution in [0, 0.1) is 11.6 Å². The molecule has 3 rings (SSSR count). The zero-order valence-corrected chi connectivity index (χ0v) is 11.6. The van der Waals surface area contributed by atoms with Gasteiger partial charge in [0.2, 0.25) is 5.88 Å². The SMILES string of the molecule is Fc1cc(F)cc(Oc2cc(CCl)c3ccccc3n2)c1. The highest BCUT2D eigenvalue weighted by molar-refractivity contribution is 6.18. The fraction of sp³-hybridized carbons (Fsp3) is 0.0625. The first kappa shape index (κ1) is 13.8. The van der Waals surface area contributed by atoms with Crippen molar-refractivity contribution in [3.05, 3.63) is 65.7 Å². The molecule has 0 saturated carbocycles. The van der Waals surface area contributed by atoms with Gasteiger partial charge in [0.15, 0.2) is 0 Å².